The van der Waals surface area contributed by atoms with Crippen LogP contribution in [-0.4, -0.2) is 64.2 Å². The molecule has 3 heterocycles. The van der Waals surface area contributed by atoms with Crippen molar-refractivity contribution >= 4 is 34.9 Å². The van der Waals surface area contributed by atoms with Crippen molar-refractivity contribution in [3.8, 4) is 16.9 Å². The van der Waals surface area contributed by atoms with Gasteiger partial charge in [-0.2, -0.15) is 5.10 Å². The summed E-state index contributed by atoms with van der Waals surface area (Å²) in [5.74, 6) is -0.0201. The number of carbonyl (C=O) groups excluding carboxylic acids is 1. The van der Waals surface area contributed by atoms with Crippen molar-refractivity contribution in [2.45, 2.75) is 31.9 Å². The molecule has 3 aromatic rings. The summed E-state index contributed by atoms with van der Waals surface area (Å²) in [6, 6.07) is 4.60. The molecule has 2 aromatic heterocycles. The monoisotopic (exact) mass is 560 g/mol. The number of likely N-dealkylation sites (tertiary alicyclic amines) is 1. The number of nitrogen functional groups attached to an aromatic ring is 1. The molecule has 1 atom stereocenters. The van der Waals surface area contributed by atoms with Gasteiger partial charge in [0.05, 0.1) is 17.3 Å². The number of nitrogens with zero attached hydrogens (tertiary/aromatic N) is 5. The van der Waals surface area contributed by atoms with E-state index in [2.05, 4.69) is 10.1 Å². The van der Waals surface area contributed by atoms with Crippen LogP contribution in [0.1, 0.15) is 37.5 Å². The molecule has 38 heavy (non-hydrogen) atoms. The lowest BCUT2D eigenvalue weighted by atomic mass is 10.0. The zero-order chi connectivity index (χ0) is 27.4. The normalized spacial score (nSPS) is 15.4. The summed E-state index contributed by atoms with van der Waals surface area (Å²) in [6.45, 7) is 3.80. The van der Waals surface area contributed by atoms with E-state index in [0.717, 1.165) is 30.5 Å². The van der Waals surface area contributed by atoms with Crippen molar-refractivity contribution in [2.75, 3.05) is 39.5 Å². The Morgan fingerprint density at radius 2 is 2.00 bits per heavy atom. The van der Waals surface area contributed by atoms with Crippen LogP contribution in [0, 0.1) is 5.82 Å². The van der Waals surface area contributed by atoms with E-state index in [0.29, 0.717) is 29.4 Å². The molecule has 0 spiro atoms. The van der Waals surface area contributed by atoms with Gasteiger partial charge in [-0.1, -0.05) is 29.3 Å². The van der Waals surface area contributed by atoms with Gasteiger partial charge in [0, 0.05) is 59.8 Å². The van der Waals surface area contributed by atoms with Crippen LogP contribution in [0.3, 0.4) is 0 Å². The van der Waals surface area contributed by atoms with Crippen molar-refractivity contribution in [2.24, 2.45) is 0 Å². The Kier molecular flexibility index (Phi) is 8.91. The Labute approximate surface area is 231 Å². The number of pyridine rings is 1. The molecule has 0 unspecified atom stereocenters. The molecule has 0 radical (unpaired) electrons. The zero-order valence-electron chi connectivity index (χ0n) is 21.6. The second-order valence-electron chi connectivity index (χ2n) is 9.55. The van der Waals surface area contributed by atoms with E-state index in [1.165, 1.54) is 12.1 Å². The first-order chi connectivity index (χ1) is 18.1. The summed E-state index contributed by atoms with van der Waals surface area (Å²) in [5, 5.41) is 4.77. The molecule has 0 saturated carbocycles. The number of hydrogen-bond donors (Lipinski definition) is 1. The molecule has 0 aliphatic carbocycles. The molecule has 1 amide bonds. The molecule has 1 fully saturated rings. The van der Waals surface area contributed by atoms with E-state index in [-0.39, 0.29) is 22.8 Å². The number of benzene rings is 1. The molecular weight excluding hydrogens is 530 g/mol. The quantitative estimate of drug-likeness (QED) is 0.293. The van der Waals surface area contributed by atoms with Crippen LogP contribution in [0.15, 0.2) is 48.9 Å². The minimum atomic E-state index is -0.668. The number of anilines is 1. The number of carbonyl (C=O) groups is 1. The van der Waals surface area contributed by atoms with E-state index >= 15 is 0 Å². The van der Waals surface area contributed by atoms with Gasteiger partial charge in [0.15, 0.2) is 11.6 Å². The first kappa shape index (κ1) is 27.9. The maximum atomic E-state index is 14.0. The van der Waals surface area contributed by atoms with Crippen LogP contribution in [-0.2, 0) is 4.79 Å². The van der Waals surface area contributed by atoms with E-state index in [1.54, 1.807) is 31.5 Å². The predicted octanol–water partition coefficient (Wildman–Crippen LogP) is 5.39. The lowest BCUT2D eigenvalue weighted by Crippen LogP contribution is -2.38. The number of ether oxygens (including phenoxy) is 1. The summed E-state index contributed by atoms with van der Waals surface area (Å²) in [4.78, 5) is 20.6. The highest BCUT2D eigenvalue weighted by Crippen LogP contribution is 2.37. The highest BCUT2D eigenvalue weighted by atomic mass is 35.5. The van der Waals surface area contributed by atoms with Crippen molar-refractivity contribution in [1.29, 1.82) is 0 Å². The molecule has 1 aliphatic rings. The lowest BCUT2D eigenvalue weighted by Gasteiger charge is -2.31. The fourth-order valence-corrected chi connectivity index (χ4v) is 5.06. The van der Waals surface area contributed by atoms with Crippen LogP contribution in [0.5, 0.6) is 5.75 Å². The standard InChI is InChI=1S/C27H31Cl2FN6O2/c1-17(25-21(28)6-7-22(30)26(25)29)38-23-13-18(14-32-27(23)31)19-15-33-36(16-19)20-8-11-35(12-9-20)24(37)5-4-10-34(2)3/h4-7,13-17,20H,8-12H2,1-3H3,(H2,31,32)/b5-4+/t17-/m1/s1. The lowest BCUT2D eigenvalue weighted by molar-refractivity contribution is -0.127. The maximum absolute atomic E-state index is 14.0. The minimum Gasteiger partial charge on any atom is -0.482 e. The number of nitrogens with two attached hydrogens (primary N) is 1. The molecular formula is C27H31Cl2FN6O2. The number of aromatic nitrogens is 3. The van der Waals surface area contributed by atoms with Gasteiger partial charge in [0.2, 0.25) is 5.91 Å². The first-order valence-electron chi connectivity index (χ1n) is 12.3. The fraction of sp³-hybridized carbons (Fsp3) is 0.370. The van der Waals surface area contributed by atoms with Gasteiger partial charge in [0.25, 0.3) is 0 Å². The first-order valence-corrected chi connectivity index (χ1v) is 13.1. The molecule has 8 nitrogen and oxygen atoms in total. The van der Waals surface area contributed by atoms with E-state index in [4.69, 9.17) is 33.7 Å². The highest BCUT2D eigenvalue weighted by Gasteiger charge is 2.24. The van der Waals surface area contributed by atoms with Gasteiger partial charge in [-0.15, -0.1) is 0 Å². The van der Waals surface area contributed by atoms with Crippen LogP contribution in [0.4, 0.5) is 10.2 Å². The molecule has 0 bridgehead atoms. The molecule has 1 saturated heterocycles. The number of likely N-dealkylation sites (N-methyl/N-ethyl adjacent to an activating group) is 1. The summed E-state index contributed by atoms with van der Waals surface area (Å²) < 4.78 is 21.9. The van der Waals surface area contributed by atoms with Crippen molar-refractivity contribution in [3.63, 3.8) is 0 Å². The van der Waals surface area contributed by atoms with Gasteiger partial charge in [-0.05, 0) is 52.1 Å². The van der Waals surface area contributed by atoms with Gasteiger partial charge >= 0.3 is 0 Å². The Morgan fingerprint density at radius 3 is 2.71 bits per heavy atom. The zero-order valence-corrected chi connectivity index (χ0v) is 23.1. The van der Waals surface area contributed by atoms with Gasteiger partial charge in [-0.25, -0.2) is 9.37 Å². The molecule has 11 heteroatoms. The van der Waals surface area contributed by atoms with Crippen LogP contribution >= 0.6 is 23.2 Å². The van der Waals surface area contributed by atoms with Crippen LogP contribution in [0.2, 0.25) is 10.0 Å². The Morgan fingerprint density at radius 1 is 1.26 bits per heavy atom. The number of halogens is 3. The van der Waals surface area contributed by atoms with E-state index in [1.807, 2.05) is 40.8 Å². The third-order valence-corrected chi connectivity index (χ3v) is 7.20. The molecule has 202 valence electrons. The van der Waals surface area contributed by atoms with Crippen molar-refractivity contribution in [1.82, 2.24) is 24.6 Å². The number of amides is 1. The highest BCUT2D eigenvalue weighted by molar-refractivity contribution is 6.36. The maximum Gasteiger partial charge on any atom is 0.246 e. The average Bonchev–Trinajstić information content (AvgIpc) is 3.38. The summed E-state index contributed by atoms with van der Waals surface area (Å²) >= 11 is 12.4. The van der Waals surface area contributed by atoms with Crippen LogP contribution < -0.4 is 10.5 Å². The number of piperidine rings is 1. The third kappa shape index (κ3) is 6.46. The average molecular weight is 561 g/mol. The summed E-state index contributed by atoms with van der Waals surface area (Å²) in [5.41, 5.74) is 8.02. The summed E-state index contributed by atoms with van der Waals surface area (Å²) in [6.07, 6.45) is 9.87. The van der Waals surface area contributed by atoms with Gasteiger partial charge in [-0.3, -0.25) is 9.48 Å². The molecule has 1 aliphatic heterocycles. The minimum absolute atomic E-state index is 0.0435. The molecule has 1 aromatic carbocycles. The second kappa shape index (κ2) is 12.1. The Hall–Kier alpha value is -3.14. The fourth-order valence-electron chi connectivity index (χ4n) is 4.38. The second-order valence-corrected chi connectivity index (χ2v) is 10.3. The van der Waals surface area contributed by atoms with Gasteiger partial charge in [0.1, 0.15) is 11.9 Å². The Bertz CT molecular complexity index is 1320. The topological polar surface area (TPSA) is 89.5 Å². The summed E-state index contributed by atoms with van der Waals surface area (Å²) in [7, 11) is 3.93. The van der Waals surface area contributed by atoms with Crippen molar-refractivity contribution in [3.05, 3.63) is 70.4 Å². The SMILES string of the molecule is C[C@@H](Oc1cc(-c2cnn(C3CCN(C(=O)/C=C/CN(C)C)CC3)c2)cnc1N)c1c(Cl)ccc(F)c1Cl. The largest absolute Gasteiger partial charge is 0.482 e. The van der Waals surface area contributed by atoms with Crippen LogP contribution in [0.25, 0.3) is 11.1 Å². The molecule has 4 rings (SSSR count). The predicted molar refractivity (Wildman–Crippen MR) is 148 cm³/mol. The number of rotatable bonds is 8. The smallest absolute Gasteiger partial charge is 0.246 e. The van der Waals surface area contributed by atoms with Gasteiger partial charge < -0.3 is 20.3 Å². The number of hydrogen-bond acceptors (Lipinski definition) is 6. The van der Waals surface area contributed by atoms with E-state index in [9.17, 15) is 9.18 Å². The Balaban J connectivity index is 1.43. The molecule has 2 N–H and O–H groups in total. The van der Waals surface area contributed by atoms with E-state index < -0.39 is 11.9 Å². The van der Waals surface area contributed by atoms with Crippen molar-refractivity contribution < 1.29 is 13.9 Å². The third-order valence-electron chi connectivity index (χ3n) is 6.49.